The summed E-state index contributed by atoms with van der Waals surface area (Å²) in [5.74, 6) is 0.547. The summed E-state index contributed by atoms with van der Waals surface area (Å²) in [6.45, 7) is 0.455. The predicted octanol–water partition coefficient (Wildman–Crippen LogP) is 7.04. The molecule has 1 heterocycles. The van der Waals surface area contributed by atoms with Crippen LogP contribution in [0.1, 0.15) is 16.7 Å². The number of ether oxygens (including phenoxy) is 2. The van der Waals surface area contributed by atoms with Gasteiger partial charge < -0.3 is 9.47 Å². The topological polar surface area (TPSA) is 47.9 Å². The number of cyclic esters (lactones) is 1. The summed E-state index contributed by atoms with van der Waals surface area (Å²) in [7, 11) is 0. The van der Waals surface area contributed by atoms with E-state index in [0.717, 1.165) is 32.3 Å². The molecule has 166 valence electrons. The van der Waals surface area contributed by atoms with Gasteiger partial charge in [0.15, 0.2) is 5.70 Å². The van der Waals surface area contributed by atoms with Gasteiger partial charge in [-0.1, -0.05) is 82.7 Å². The van der Waals surface area contributed by atoms with Crippen LogP contribution in [0.2, 0.25) is 0 Å². The molecule has 1 aliphatic heterocycles. The maximum atomic E-state index is 12.4. The highest BCUT2D eigenvalue weighted by Gasteiger charge is 2.24. The number of nitrogens with zero attached hydrogens (tertiary/aromatic N) is 1. The largest absolute Gasteiger partial charge is 0.489 e. The molecule has 0 radical (unpaired) electrons. The molecule has 0 spiro atoms. The van der Waals surface area contributed by atoms with Crippen molar-refractivity contribution in [1.82, 2.24) is 0 Å². The first kappa shape index (κ1) is 21.9. The zero-order valence-corrected chi connectivity index (χ0v) is 19.7. The zero-order chi connectivity index (χ0) is 23.3. The van der Waals surface area contributed by atoms with Gasteiger partial charge in [0.1, 0.15) is 12.4 Å². The van der Waals surface area contributed by atoms with Crippen LogP contribution in [0.3, 0.4) is 0 Å². The summed E-state index contributed by atoms with van der Waals surface area (Å²) >= 11 is 3.43. The van der Waals surface area contributed by atoms with E-state index in [1.807, 2.05) is 91.0 Å². The molecular weight excluding hydrogens is 490 g/mol. The third-order valence-corrected chi connectivity index (χ3v) is 5.87. The van der Waals surface area contributed by atoms with E-state index >= 15 is 0 Å². The first-order valence-corrected chi connectivity index (χ1v) is 11.6. The van der Waals surface area contributed by atoms with Crippen LogP contribution in [-0.2, 0) is 16.1 Å². The zero-order valence-electron chi connectivity index (χ0n) is 18.1. The lowest BCUT2D eigenvalue weighted by Crippen LogP contribution is -2.05. The van der Waals surface area contributed by atoms with E-state index in [-0.39, 0.29) is 5.70 Å². The van der Waals surface area contributed by atoms with Crippen molar-refractivity contribution < 1.29 is 14.3 Å². The van der Waals surface area contributed by atoms with E-state index in [4.69, 9.17) is 9.47 Å². The van der Waals surface area contributed by atoms with Crippen molar-refractivity contribution in [3.8, 4) is 16.9 Å². The lowest BCUT2D eigenvalue weighted by Gasteiger charge is -2.07. The van der Waals surface area contributed by atoms with Gasteiger partial charge in [0, 0.05) is 10.0 Å². The molecular formula is C29H20BrNO3. The summed E-state index contributed by atoms with van der Waals surface area (Å²) in [4.78, 5) is 16.9. The van der Waals surface area contributed by atoms with Gasteiger partial charge in [-0.15, -0.1) is 0 Å². The highest BCUT2D eigenvalue weighted by Crippen LogP contribution is 2.24. The monoisotopic (exact) mass is 509 g/mol. The van der Waals surface area contributed by atoms with Crippen LogP contribution in [0.15, 0.2) is 118 Å². The van der Waals surface area contributed by atoms with Gasteiger partial charge in [-0.2, -0.15) is 0 Å². The van der Waals surface area contributed by atoms with E-state index in [0.29, 0.717) is 18.3 Å². The molecule has 4 nitrogen and oxygen atoms in total. The molecule has 0 aromatic heterocycles. The summed E-state index contributed by atoms with van der Waals surface area (Å²) in [5, 5.41) is 0. The summed E-state index contributed by atoms with van der Waals surface area (Å²) in [5.41, 5.74) is 5.10. The minimum absolute atomic E-state index is 0.257. The molecule has 5 rings (SSSR count). The summed E-state index contributed by atoms with van der Waals surface area (Å²) in [6, 6.07) is 33.4. The minimum atomic E-state index is -0.469. The van der Waals surface area contributed by atoms with Crippen molar-refractivity contribution in [2.45, 2.75) is 6.61 Å². The molecule has 4 aromatic carbocycles. The molecule has 0 amide bonds. The second kappa shape index (κ2) is 9.89. The molecule has 0 saturated heterocycles. The van der Waals surface area contributed by atoms with Crippen molar-refractivity contribution in [3.05, 3.63) is 130 Å². The Morgan fingerprint density at radius 2 is 1.50 bits per heavy atom. The Morgan fingerprint density at radius 1 is 0.794 bits per heavy atom. The van der Waals surface area contributed by atoms with Gasteiger partial charge in [-0.25, -0.2) is 9.79 Å². The lowest BCUT2D eigenvalue weighted by molar-refractivity contribution is -0.129. The number of halogens is 1. The van der Waals surface area contributed by atoms with Crippen molar-refractivity contribution in [3.63, 3.8) is 0 Å². The first-order chi connectivity index (χ1) is 16.6. The van der Waals surface area contributed by atoms with E-state index in [1.165, 1.54) is 0 Å². The van der Waals surface area contributed by atoms with Crippen LogP contribution >= 0.6 is 15.9 Å². The fourth-order valence-electron chi connectivity index (χ4n) is 3.57. The fraction of sp³-hybridized carbons (Fsp3) is 0.0345. The highest BCUT2D eigenvalue weighted by atomic mass is 79.9. The van der Waals surface area contributed by atoms with E-state index in [9.17, 15) is 4.79 Å². The quantitative estimate of drug-likeness (QED) is 0.207. The Hall–Kier alpha value is -3.96. The van der Waals surface area contributed by atoms with Crippen LogP contribution in [-0.4, -0.2) is 11.9 Å². The second-order valence-corrected chi connectivity index (χ2v) is 8.68. The molecule has 0 atom stereocenters. The Balaban J connectivity index is 1.31. The van der Waals surface area contributed by atoms with Gasteiger partial charge in [-0.05, 0) is 64.7 Å². The van der Waals surface area contributed by atoms with Crippen molar-refractivity contribution in [1.29, 1.82) is 0 Å². The van der Waals surface area contributed by atoms with Crippen LogP contribution in [0, 0.1) is 0 Å². The fourth-order valence-corrected chi connectivity index (χ4v) is 3.83. The van der Waals surface area contributed by atoms with E-state index in [1.54, 1.807) is 6.08 Å². The van der Waals surface area contributed by atoms with E-state index in [2.05, 4.69) is 33.1 Å². The number of carbonyl (C=O) groups excluding carboxylic acids is 1. The third kappa shape index (κ3) is 5.16. The Bertz CT molecular complexity index is 1380. The molecule has 0 saturated carbocycles. The first-order valence-electron chi connectivity index (χ1n) is 10.8. The molecule has 0 unspecified atom stereocenters. The molecule has 0 fully saturated rings. The predicted molar refractivity (Wildman–Crippen MR) is 137 cm³/mol. The van der Waals surface area contributed by atoms with Gasteiger partial charge in [-0.3, -0.25) is 0 Å². The van der Waals surface area contributed by atoms with Crippen LogP contribution in [0.4, 0.5) is 0 Å². The normalized spacial score (nSPS) is 14.1. The SMILES string of the molecule is O=C1OC(c2ccc(-c3ccccc3)cc2)=N/C1=C\c1cccc(OCc2ccc(Br)cc2)c1. The molecule has 0 bridgehead atoms. The van der Waals surface area contributed by atoms with Crippen molar-refractivity contribution >= 4 is 33.9 Å². The number of hydrogen-bond acceptors (Lipinski definition) is 4. The maximum absolute atomic E-state index is 12.4. The van der Waals surface area contributed by atoms with Crippen molar-refractivity contribution in [2.75, 3.05) is 0 Å². The smallest absolute Gasteiger partial charge is 0.363 e. The number of hydrogen-bond donors (Lipinski definition) is 0. The molecule has 4 aromatic rings. The van der Waals surface area contributed by atoms with Crippen LogP contribution in [0.25, 0.3) is 17.2 Å². The van der Waals surface area contributed by atoms with E-state index < -0.39 is 5.97 Å². The lowest BCUT2D eigenvalue weighted by atomic mass is 10.0. The number of carbonyl (C=O) groups is 1. The van der Waals surface area contributed by atoms with Crippen LogP contribution < -0.4 is 4.74 Å². The number of benzene rings is 4. The molecule has 0 aliphatic carbocycles. The Morgan fingerprint density at radius 3 is 2.26 bits per heavy atom. The summed E-state index contributed by atoms with van der Waals surface area (Å²) in [6.07, 6.45) is 1.71. The third-order valence-electron chi connectivity index (χ3n) is 5.34. The molecule has 0 N–H and O–H groups in total. The van der Waals surface area contributed by atoms with Gasteiger partial charge in [0.2, 0.25) is 5.90 Å². The Kier molecular flexibility index (Phi) is 6.36. The highest BCUT2D eigenvalue weighted by molar-refractivity contribution is 9.10. The maximum Gasteiger partial charge on any atom is 0.363 e. The average Bonchev–Trinajstić information content (AvgIpc) is 3.24. The number of aliphatic imine (C=N–C) groups is 1. The molecule has 34 heavy (non-hydrogen) atoms. The second-order valence-electron chi connectivity index (χ2n) is 7.77. The Labute approximate surface area is 206 Å². The minimum Gasteiger partial charge on any atom is -0.489 e. The van der Waals surface area contributed by atoms with Gasteiger partial charge in [0.25, 0.3) is 0 Å². The summed E-state index contributed by atoms with van der Waals surface area (Å²) < 4.78 is 12.4. The molecule has 5 heteroatoms. The van der Waals surface area contributed by atoms with Crippen molar-refractivity contribution in [2.24, 2.45) is 4.99 Å². The number of rotatable bonds is 6. The molecule has 1 aliphatic rings. The van der Waals surface area contributed by atoms with Gasteiger partial charge in [0.05, 0.1) is 0 Å². The van der Waals surface area contributed by atoms with Crippen LogP contribution in [0.5, 0.6) is 5.75 Å². The standard InChI is InChI=1S/C29H20BrNO3/c30-25-15-9-20(10-16-25)19-33-26-8-4-5-21(17-26)18-27-29(32)34-28(31-27)24-13-11-23(12-14-24)22-6-2-1-3-7-22/h1-18H,19H2/b27-18-. The average molecular weight is 510 g/mol. The van der Waals surface area contributed by atoms with Gasteiger partial charge >= 0.3 is 5.97 Å². The number of esters is 1.